The van der Waals surface area contributed by atoms with E-state index in [-0.39, 0.29) is 57.7 Å². The third kappa shape index (κ3) is 17.6. The van der Waals surface area contributed by atoms with Gasteiger partial charge in [-0.15, -0.1) is 11.5 Å². The van der Waals surface area contributed by atoms with Gasteiger partial charge in [-0.2, -0.15) is 0 Å². The maximum absolute atomic E-state index is 10.9. The van der Waals surface area contributed by atoms with Gasteiger partial charge in [0, 0.05) is 56.3 Å². The first kappa shape index (κ1) is 64.2. The van der Waals surface area contributed by atoms with Crippen molar-refractivity contribution < 1.29 is 43.8 Å². The molecule has 0 aliphatic heterocycles. The Morgan fingerprint density at radius 2 is 0.538 bits per heavy atom. The predicted octanol–water partition coefficient (Wildman–Crippen LogP) is 17.6. The summed E-state index contributed by atoms with van der Waals surface area (Å²) in [6.07, 6.45) is 0. The van der Waals surface area contributed by atoms with Crippen LogP contribution in [0.2, 0.25) is 0 Å². The molecule has 2 radical (unpaired) electrons. The summed E-state index contributed by atoms with van der Waals surface area (Å²) in [7, 11) is 0. The van der Waals surface area contributed by atoms with Gasteiger partial charge in [-0.05, 0) is 161 Å². The molecule has 418 valence electrons. The molecule has 78 heavy (non-hydrogen) atoms. The first-order chi connectivity index (χ1) is 36.1. The van der Waals surface area contributed by atoms with Crippen LogP contribution in [-0.4, -0.2) is 9.97 Å². The summed E-state index contributed by atoms with van der Waals surface area (Å²) in [5.41, 5.74) is 19.6. The Bertz CT molecular complexity index is 2820. The average Bonchev–Trinajstić information content (AvgIpc) is 3.38. The fraction of sp³-hybridized carbons (Fsp3) is 0.353. The van der Waals surface area contributed by atoms with E-state index in [1.165, 1.54) is 79.4 Å². The molecule has 0 amide bonds. The van der Waals surface area contributed by atoms with E-state index >= 15 is 0 Å². The number of nitrogens with zero attached hydrogens (tertiary/aromatic N) is 2. The molecule has 0 fully saturated rings. The monoisotopic (exact) mass is 1130 g/mol. The van der Waals surface area contributed by atoms with Crippen LogP contribution in [0.5, 0.6) is 11.5 Å². The maximum Gasteiger partial charge on any atom is 0.0657 e. The van der Waals surface area contributed by atoms with Crippen molar-refractivity contribution in [1.82, 2.24) is 9.97 Å². The Balaban J connectivity index is 0.000000271. The topological polar surface area (TPSA) is 120 Å². The molecule has 0 saturated heterocycles. The number of anilines is 4. The maximum atomic E-state index is 10.9. The Morgan fingerprint density at radius 1 is 0.308 bits per heavy atom. The zero-order valence-electron chi connectivity index (χ0n) is 48.9. The number of hydrogen-bond donors (Lipinski definition) is 4. The fourth-order valence-corrected chi connectivity index (χ4v) is 9.49. The van der Waals surface area contributed by atoms with Crippen molar-refractivity contribution in [3.05, 3.63) is 213 Å². The van der Waals surface area contributed by atoms with Crippen LogP contribution in [0.25, 0.3) is 10.8 Å². The number of fused-ring (bicyclic) bond motifs is 1. The largest absolute Gasteiger partial charge is 0.873 e. The Morgan fingerprint density at radius 3 is 0.756 bits per heavy atom. The fourth-order valence-electron chi connectivity index (χ4n) is 9.49. The van der Waals surface area contributed by atoms with Gasteiger partial charge in [0.1, 0.15) is 0 Å². The minimum absolute atomic E-state index is 0. The number of aryl methyl sites for hydroxylation is 4. The molecule has 0 saturated carbocycles. The summed E-state index contributed by atoms with van der Waals surface area (Å²) in [5, 5.41) is 38.3. The van der Waals surface area contributed by atoms with E-state index in [1.54, 1.807) is 0 Å². The van der Waals surface area contributed by atoms with Crippen LogP contribution in [0, 0.1) is 27.7 Å². The normalized spacial score (nSPS) is 12.5. The van der Waals surface area contributed by atoms with Crippen LogP contribution in [0.3, 0.4) is 0 Å². The Hall–Kier alpha value is -6.31. The van der Waals surface area contributed by atoms with Gasteiger partial charge in [-0.3, -0.25) is 9.97 Å². The molecule has 4 N–H and O–H groups in total. The molecule has 6 aromatic carbocycles. The van der Waals surface area contributed by atoms with Crippen molar-refractivity contribution >= 4 is 33.5 Å². The average molecular weight is 1140 g/mol. The van der Waals surface area contributed by atoms with Crippen LogP contribution in [-0.2, 0) is 33.6 Å². The van der Waals surface area contributed by atoms with Gasteiger partial charge in [0.25, 0.3) is 0 Å². The molecule has 0 bridgehead atoms. The number of benzene rings is 6. The first-order valence-corrected chi connectivity index (χ1v) is 27.4. The minimum Gasteiger partial charge on any atom is -0.873 e. The second-order valence-electron chi connectivity index (χ2n) is 22.1. The van der Waals surface area contributed by atoms with Crippen LogP contribution < -0.4 is 31.5 Å². The van der Waals surface area contributed by atoms with Gasteiger partial charge in [-0.1, -0.05) is 175 Å². The van der Waals surface area contributed by atoms with Crippen molar-refractivity contribution in [1.29, 1.82) is 0 Å². The van der Waals surface area contributed by atoms with E-state index in [4.69, 9.17) is 9.97 Å². The number of rotatable bonds is 16. The smallest absolute Gasteiger partial charge is 0.0657 e. The van der Waals surface area contributed by atoms with Crippen molar-refractivity contribution in [3.63, 3.8) is 0 Å². The van der Waals surface area contributed by atoms with Gasteiger partial charge in [-0.25, -0.2) is 0 Å². The predicted molar refractivity (Wildman–Crippen MR) is 321 cm³/mol. The van der Waals surface area contributed by atoms with Crippen LogP contribution in [0.4, 0.5) is 22.7 Å². The third-order valence-electron chi connectivity index (χ3n) is 14.0. The van der Waals surface area contributed by atoms with E-state index in [1.807, 2.05) is 24.3 Å². The quantitative estimate of drug-likeness (QED) is 0.0755. The number of pyridine rings is 2. The summed E-state index contributed by atoms with van der Waals surface area (Å²) < 4.78 is 0. The van der Waals surface area contributed by atoms with Gasteiger partial charge in [0.15, 0.2) is 0 Å². The Kier molecular flexibility index (Phi) is 24.4. The van der Waals surface area contributed by atoms with Crippen LogP contribution in [0.1, 0.15) is 198 Å². The Labute approximate surface area is 488 Å². The third-order valence-corrected chi connectivity index (χ3v) is 14.0. The molecule has 8 rings (SSSR count). The molecule has 2 aromatic heterocycles. The zero-order chi connectivity index (χ0) is 55.4. The van der Waals surface area contributed by atoms with E-state index in [0.29, 0.717) is 23.7 Å². The summed E-state index contributed by atoms with van der Waals surface area (Å²) in [5.74, 6) is 1.01. The van der Waals surface area contributed by atoms with Gasteiger partial charge >= 0.3 is 0 Å². The zero-order valence-corrected chi connectivity index (χ0v) is 50.9. The summed E-state index contributed by atoms with van der Waals surface area (Å²) >= 11 is 0. The van der Waals surface area contributed by atoms with Gasteiger partial charge < -0.3 is 31.5 Å². The summed E-state index contributed by atoms with van der Waals surface area (Å²) in [4.78, 5) is 10.0. The standard InChI is InChI=1S/2C29H39N3.C10H8O2.2Co/c2*1-18(2)24-16-20(5)12-14-28(24)30-22(7)26-10-9-11-27(32-26)23(8)31-29-15-13-21(6)17-25(29)19(3)4;11-9-5-7-3-1-2-4-8(7)6-10(9)12;;/h2*9-19,22-23,30-31H,1-8H3;1-6,11-12H;;/p-2. The van der Waals surface area contributed by atoms with E-state index in [2.05, 4.69) is 241 Å². The van der Waals surface area contributed by atoms with Crippen molar-refractivity contribution in [2.24, 2.45) is 0 Å². The molecule has 8 nitrogen and oxygen atoms in total. The molecule has 4 unspecified atom stereocenters. The molecule has 0 aliphatic carbocycles. The second-order valence-corrected chi connectivity index (χ2v) is 22.1. The molecule has 10 heteroatoms. The van der Waals surface area contributed by atoms with Crippen molar-refractivity contribution in [3.8, 4) is 11.5 Å². The van der Waals surface area contributed by atoms with Gasteiger partial charge in [0.05, 0.1) is 46.9 Å². The molecule has 0 spiro atoms. The number of nitrogens with one attached hydrogen (secondary N) is 4. The molecule has 0 aliphatic rings. The molecule has 8 aromatic rings. The van der Waals surface area contributed by atoms with Crippen molar-refractivity contribution in [2.75, 3.05) is 21.3 Å². The number of aromatic nitrogens is 2. The van der Waals surface area contributed by atoms with E-state index < -0.39 is 11.5 Å². The minimum atomic E-state index is -0.436. The molecular weight excluding hydrogens is 1050 g/mol. The SMILES string of the molecule is Cc1ccc(NC(C)c2cccc(C(C)Nc3ccc(C)cc3C(C)C)n2)c(C(C)C)c1.Cc1ccc(NC(C)c2cccc(C(C)Nc3ccc(C)cc3C(C)C)n2)c(C(C)C)c1.[Co].[Co].[O-]c1cc2ccccc2cc1[O-]. The van der Waals surface area contributed by atoms with Crippen molar-refractivity contribution in [2.45, 2.75) is 159 Å². The van der Waals surface area contributed by atoms with Gasteiger partial charge in [0.2, 0.25) is 0 Å². The number of hydrogen-bond acceptors (Lipinski definition) is 8. The van der Waals surface area contributed by atoms with E-state index in [9.17, 15) is 10.2 Å². The first-order valence-electron chi connectivity index (χ1n) is 27.4. The van der Waals surface area contributed by atoms with E-state index in [0.717, 1.165) is 33.5 Å². The summed E-state index contributed by atoms with van der Waals surface area (Å²) in [6, 6.07) is 49.8. The molecule has 2 heterocycles. The molecule has 4 atom stereocenters. The molecular formula is C68H84Co2N6O2-2. The second kappa shape index (κ2) is 29.6. The summed E-state index contributed by atoms with van der Waals surface area (Å²) in [6.45, 7) is 35.3. The van der Waals surface area contributed by atoms with Crippen LogP contribution in [0.15, 0.2) is 146 Å². The van der Waals surface area contributed by atoms with Crippen LogP contribution >= 0.6 is 0 Å².